The lowest BCUT2D eigenvalue weighted by Gasteiger charge is -2.10. The summed E-state index contributed by atoms with van der Waals surface area (Å²) in [5.74, 6) is 0. The van der Waals surface area contributed by atoms with Crippen LogP contribution < -0.4 is 0 Å². The number of rotatable bonds is 6. The first kappa shape index (κ1) is 11.9. The van der Waals surface area contributed by atoms with Gasteiger partial charge in [-0.15, -0.1) is 0 Å². The van der Waals surface area contributed by atoms with Crippen molar-refractivity contribution in [1.82, 2.24) is 9.55 Å². The van der Waals surface area contributed by atoms with E-state index >= 15 is 0 Å². The van der Waals surface area contributed by atoms with Gasteiger partial charge in [-0.1, -0.05) is 30.3 Å². The van der Waals surface area contributed by atoms with Crippen molar-refractivity contribution in [3.8, 4) is 0 Å². The molecule has 90 valence electrons. The average Bonchev–Trinajstić information content (AvgIpc) is 2.83. The summed E-state index contributed by atoms with van der Waals surface area (Å²) in [5, 5.41) is 9.85. The van der Waals surface area contributed by atoms with Gasteiger partial charge in [-0.2, -0.15) is 0 Å². The Bertz CT molecular complexity index is 411. The van der Waals surface area contributed by atoms with E-state index in [0.717, 1.165) is 19.3 Å². The van der Waals surface area contributed by atoms with Crippen LogP contribution in [0.3, 0.4) is 0 Å². The zero-order valence-corrected chi connectivity index (χ0v) is 9.87. The highest BCUT2D eigenvalue weighted by Crippen LogP contribution is 2.07. The molecule has 1 heterocycles. The molecule has 0 bridgehead atoms. The third kappa shape index (κ3) is 4.04. The van der Waals surface area contributed by atoms with Crippen LogP contribution in [0.15, 0.2) is 49.1 Å². The van der Waals surface area contributed by atoms with Crippen molar-refractivity contribution in [3.63, 3.8) is 0 Å². The van der Waals surface area contributed by atoms with E-state index in [0.29, 0.717) is 6.54 Å². The van der Waals surface area contributed by atoms with Gasteiger partial charge in [-0.3, -0.25) is 0 Å². The predicted molar refractivity (Wildman–Crippen MR) is 67.6 cm³/mol. The average molecular weight is 230 g/mol. The summed E-state index contributed by atoms with van der Waals surface area (Å²) in [7, 11) is 0. The van der Waals surface area contributed by atoms with Gasteiger partial charge in [0.2, 0.25) is 0 Å². The number of aliphatic hydroxyl groups is 1. The van der Waals surface area contributed by atoms with E-state index in [1.165, 1.54) is 5.56 Å². The van der Waals surface area contributed by atoms with E-state index in [2.05, 4.69) is 29.2 Å². The van der Waals surface area contributed by atoms with E-state index in [1.54, 1.807) is 12.5 Å². The van der Waals surface area contributed by atoms with Gasteiger partial charge < -0.3 is 9.67 Å². The normalized spacial score (nSPS) is 12.5. The Labute approximate surface area is 102 Å². The highest BCUT2D eigenvalue weighted by molar-refractivity contribution is 5.14. The van der Waals surface area contributed by atoms with Crippen LogP contribution in [-0.2, 0) is 13.0 Å². The first-order valence-electron chi connectivity index (χ1n) is 6.02. The third-order valence-corrected chi connectivity index (χ3v) is 2.83. The van der Waals surface area contributed by atoms with Crippen LogP contribution in [-0.4, -0.2) is 20.8 Å². The fraction of sp³-hybridized carbons (Fsp3) is 0.357. The molecule has 3 nitrogen and oxygen atoms in total. The lowest BCUT2D eigenvalue weighted by Crippen LogP contribution is -2.15. The zero-order chi connectivity index (χ0) is 11.9. The van der Waals surface area contributed by atoms with E-state index in [1.807, 2.05) is 16.8 Å². The largest absolute Gasteiger partial charge is 0.391 e. The summed E-state index contributed by atoms with van der Waals surface area (Å²) >= 11 is 0. The van der Waals surface area contributed by atoms with Crippen molar-refractivity contribution in [2.45, 2.75) is 31.9 Å². The van der Waals surface area contributed by atoms with Gasteiger partial charge in [0.1, 0.15) is 0 Å². The summed E-state index contributed by atoms with van der Waals surface area (Å²) in [5.41, 5.74) is 1.34. The molecule has 0 radical (unpaired) electrons. The number of hydrogen-bond donors (Lipinski definition) is 1. The maximum absolute atomic E-state index is 9.85. The first-order chi connectivity index (χ1) is 8.34. The van der Waals surface area contributed by atoms with E-state index in [9.17, 15) is 5.11 Å². The lowest BCUT2D eigenvalue weighted by atomic mass is 10.1. The lowest BCUT2D eigenvalue weighted by molar-refractivity contribution is 0.142. The van der Waals surface area contributed by atoms with Gasteiger partial charge in [0.05, 0.1) is 12.4 Å². The van der Waals surface area contributed by atoms with Crippen molar-refractivity contribution in [2.75, 3.05) is 0 Å². The number of hydrogen-bond acceptors (Lipinski definition) is 2. The van der Waals surface area contributed by atoms with Gasteiger partial charge >= 0.3 is 0 Å². The fourth-order valence-corrected chi connectivity index (χ4v) is 1.92. The summed E-state index contributed by atoms with van der Waals surface area (Å²) in [6.07, 6.45) is 7.93. The molecule has 1 aromatic heterocycles. The molecule has 3 heteroatoms. The molecule has 0 fully saturated rings. The van der Waals surface area contributed by atoms with Crippen LogP contribution in [0.4, 0.5) is 0 Å². The number of aryl methyl sites for hydroxylation is 1. The monoisotopic (exact) mass is 230 g/mol. The maximum atomic E-state index is 9.85. The van der Waals surface area contributed by atoms with Crippen LogP contribution in [0.25, 0.3) is 0 Å². The minimum Gasteiger partial charge on any atom is -0.391 e. The minimum absolute atomic E-state index is 0.284. The topological polar surface area (TPSA) is 38.0 Å². The molecular formula is C14H18N2O. The number of benzene rings is 1. The van der Waals surface area contributed by atoms with Crippen molar-refractivity contribution in [1.29, 1.82) is 0 Å². The number of aliphatic hydroxyl groups excluding tert-OH is 1. The standard InChI is InChI=1S/C14H18N2O/c17-14(11-16-10-9-15-12-16)8-4-7-13-5-2-1-3-6-13/h1-3,5-6,9-10,12,14,17H,4,7-8,11H2. The molecule has 0 saturated heterocycles. The Morgan fingerprint density at radius 2 is 2.06 bits per heavy atom. The molecule has 17 heavy (non-hydrogen) atoms. The van der Waals surface area contributed by atoms with Crippen molar-refractivity contribution in [2.24, 2.45) is 0 Å². The van der Waals surface area contributed by atoms with Crippen molar-refractivity contribution in [3.05, 3.63) is 54.6 Å². The Morgan fingerprint density at radius 1 is 1.24 bits per heavy atom. The quantitative estimate of drug-likeness (QED) is 0.826. The van der Waals surface area contributed by atoms with Gasteiger partial charge in [-0.25, -0.2) is 4.98 Å². The predicted octanol–water partition coefficient (Wildman–Crippen LogP) is 2.27. The molecule has 0 saturated carbocycles. The SMILES string of the molecule is OC(CCCc1ccccc1)Cn1ccnc1. The fourth-order valence-electron chi connectivity index (χ4n) is 1.92. The molecule has 0 aliphatic carbocycles. The second-order valence-corrected chi connectivity index (χ2v) is 4.29. The summed E-state index contributed by atoms with van der Waals surface area (Å²) in [6, 6.07) is 10.4. The summed E-state index contributed by atoms with van der Waals surface area (Å²) < 4.78 is 1.91. The molecule has 2 aromatic rings. The molecular weight excluding hydrogens is 212 g/mol. The second kappa shape index (κ2) is 6.21. The summed E-state index contributed by atoms with van der Waals surface area (Å²) in [4.78, 5) is 3.95. The Morgan fingerprint density at radius 3 is 2.76 bits per heavy atom. The molecule has 0 aliphatic rings. The van der Waals surface area contributed by atoms with Gasteiger partial charge in [0.15, 0.2) is 0 Å². The second-order valence-electron chi connectivity index (χ2n) is 4.29. The molecule has 1 atom stereocenters. The molecule has 1 unspecified atom stereocenters. The van der Waals surface area contributed by atoms with Gasteiger partial charge in [0.25, 0.3) is 0 Å². The Kier molecular flexibility index (Phi) is 4.33. The molecule has 0 amide bonds. The van der Waals surface area contributed by atoms with E-state index in [4.69, 9.17) is 0 Å². The van der Waals surface area contributed by atoms with Crippen molar-refractivity contribution >= 4 is 0 Å². The minimum atomic E-state index is -0.284. The van der Waals surface area contributed by atoms with Crippen LogP contribution in [0.5, 0.6) is 0 Å². The van der Waals surface area contributed by atoms with Crippen LogP contribution in [0.1, 0.15) is 18.4 Å². The number of imidazole rings is 1. The van der Waals surface area contributed by atoms with E-state index in [-0.39, 0.29) is 6.10 Å². The number of nitrogens with zero attached hydrogens (tertiary/aromatic N) is 2. The van der Waals surface area contributed by atoms with Crippen LogP contribution >= 0.6 is 0 Å². The Hall–Kier alpha value is -1.61. The molecule has 1 aromatic carbocycles. The van der Waals surface area contributed by atoms with Gasteiger partial charge in [-0.05, 0) is 24.8 Å². The molecule has 0 spiro atoms. The van der Waals surface area contributed by atoms with Crippen LogP contribution in [0, 0.1) is 0 Å². The highest BCUT2D eigenvalue weighted by atomic mass is 16.3. The maximum Gasteiger partial charge on any atom is 0.0946 e. The molecule has 1 N–H and O–H groups in total. The third-order valence-electron chi connectivity index (χ3n) is 2.83. The zero-order valence-electron chi connectivity index (χ0n) is 9.87. The van der Waals surface area contributed by atoms with E-state index < -0.39 is 0 Å². The Balaban J connectivity index is 1.68. The van der Waals surface area contributed by atoms with Crippen molar-refractivity contribution < 1.29 is 5.11 Å². The smallest absolute Gasteiger partial charge is 0.0946 e. The molecule has 0 aliphatic heterocycles. The number of aromatic nitrogens is 2. The highest BCUT2D eigenvalue weighted by Gasteiger charge is 2.04. The van der Waals surface area contributed by atoms with Crippen LogP contribution in [0.2, 0.25) is 0 Å². The summed E-state index contributed by atoms with van der Waals surface area (Å²) in [6.45, 7) is 0.634. The molecule has 2 rings (SSSR count). The van der Waals surface area contributed by atoms with Gasteiger partial charge in [0, 0.05) is 18.9 Å². The first-order valence-corrected chi connectivity index (χ1v) is 6.02.